The SMILES string of the molecule is C=CC1=C(C=C)C2(c3ccccc3-c3ccccc32)c2cccc(C)c21. The lowest BCUT2D eigenvalue weighted by Crippen LogP contribution is -2.26. The summed E-state index contributed by atoms with van der Waals surface area (Å²) in [6.07, 6.45) is 4.04. The molecule has 26 heavy (non-hydrogen) atoms. The summed E-state index contributed by atoms with van der Waals surface area (Å²) in [4.78, 5) is 0. The number of fused-ring (bicyclic) bond motifs is 7. The first-order valence-electron chi connectivity index (χ1n) is 9.04. The fourth-order valence-electron chi connectivity index (χ4n) is 5.11. The molecule has 0 saturated carbocycles. The molecule has 0 fully saturated rings. The minimum atomic E-state index is -0.292. The molecule has 3 aromatic carbocycles. The lowest BCUT2D eigenvalue weighted by molar-refractivity contribution is 0.786. The highest BCUT2D eigenvalue weighted by molar-refractivity contribution is 5.98. The van der Waals surface area contributed by atoms with E-state index in [0.717, 1.165) is 0 Å². The Labute approximate surface area is 154 Å². The van der Waals surface area contributed by atoms with E-state index in [0.29, 0.717) is 0 Å². The van der Waals surface area contributed by atoms with E-state index in [1.54, 1.807) is 0 Å². The predicted molar refractivity (Wildman–Crippen MR) is 110 cm³/mol. The topological polar surface area (TPSA) is 0 Å². The van der Waals surface area contributed by atoms with Gasteiger partial charge in [-0.3, -0.25) is 0 Å². The molecule has 2 aliphatic rings. The number of rotatable bonds is 2. The van der Waals surface area contributed by atoms with E-state index >= 15 is 0 Å². The number of aryl methyl sites for hydroxylation is 1. The molecule has 0 amide bonds. The van der Waals surface area contributed by atoms with Gasteiger partial charge in [-0.2, -0.15) is 0 Å². The highest BCUT2D eigenvalue weighted by atomic mass is 14.5. The van der Waals surface area contributed by atoms with Crippen LogP contribution in [0.1, 0.15) is 27.8 Å². The van der Waals surface area contributed by atoms with E-state index in [4.69, 9.17) is 0 Å². The second-order valence-corrected chi connectivity index (χ2v) is 7.07. The molecule has 1 spiro atoms. The number of hydrogen-bond acceptors (Lipinski definition) is 0. The fraction of sp³-hybridized carbons (Fsp3) is 0.0769. The summed E-state index contributed by atoms with van der Waals surface area (Å²) >= 11 is 0. The van der Waals surface area contributed by atoms with Gasteiger partial charge in [0.25, 0.3) is 0 Å². The van der Waals surface area contributed by atoms with Crippen LogP contribution in [-0.2, 0) is 5.41 Å². The lowest BCUT2D eigenvalue weighted by atomic mass is 9.69. The summed E-state index contributed by atoms with van der Waals surface area (Å²) in [6.45, 7) is 10.5. The predicted octanol–water partition coefficient (Wildman–Crippen LogP) is 6.45. The molecular formula is C26H20. The average Bonchev–Trinajstić information content (AvgIpc) is 3.15. The average molecular weight is 332 g/mol. The van der Waals surface area contributed by atoms with Gasteiger partial charge < -0.3 is 0 Å². The maximum atomic E-state index is 4.21. The van der Waals surface area contributed by atoms with Crippen LogP contribution in [0, 0.1) is 6.92 Å². The van der Waals surface area contributed by atoms with Gasteiger partial charge in [0.2, 0.25) is 0 Å². The van der Waals surface area contributed by atoms with Crippen LogP contribution in [0.4, 0.5) is 0 Å². The summed E-state index contributed by atoms with van der Waals surface area (Å²) in [7, 11) is 0. The van der Waals surface area contributed by atoms with Crippen LogP contribution in [0.15, 0.2) is 97.6 Å². The highest BCUT2D eigenvalue weighted by Gasteiger charge is 2.51. The third-order valence-corrected chi connectivity index (χ3v) is 6.00. The largest absolute Gasteiger partial charge is 0.0987 e. The van der Waals surface area contributed by atoms with Gasteiger partial charge in [-0.25, -0.2) is 0 Å². The van der Waals surface area contributed by atoms with Gasteiger partial charge in [-0.05, 0) is 57.0 Å². The quantitative estimate of drug-likeness (QED) is 0.506. The standard InChI is InChI=1S/C26H20/c1-4-18-21(5-2)26(24-16-10-11-17(3)25(18)24)22-14-8-6-12-19(22)20-13-7-9-15-23(20)26/h4-16H,1-2H2,3H3. The van der Waals surface area contributed by atoms with Crippen LogP contribution in [0.5, 0.6) is 0 Å². The summed E-state index contributed by atoms with van der Waals surface area (Å²) < 4.78 is 0. The van der Waals surface area contributed by atoms with Crippen molar-refractivity contribution in [3.63, 3.8) is 0 Å². The number of hydrogen-bond donors (Lipinski definition) is 0. The molecule has 0 atom stereocenters. The van der Waals surface area contributed by atoms with Crippen LogP contribution < -0.4 is 0 Å². The highest BCUT2D eigenvalue weighted by Crippen LogP contribution is 2.62. The van der Waals surface area contributed by atoms with E-state index in [9.17, 15) is 0 Å². The van der Waals surface area contributed by atoms with E-state index in [1.807, 2.05) is 12.2 Å². The van der Waals surface area contributed by atoms with Crippen molar-refractivity contribution < 1.29 is 0 Å². The van der Waals surface area contributed by atoms with Gasteiger partial charge >= 0.3 is 0 Å². The van der Waals surface area contributed by atoms with Crippen molar-refractivity contribution in [2.75, 3.05) is 0 Å². The van der Waals surface area contributed by atoms with Gasteiger partial charge in [0.05, 0.1) is 5.41 Å². The van der Waals surface area contributed by atoms with Crippen molar-refractivity contribution in [3.05, 3.63) is 125 Å². The van der Waals surface area contributed by atoms with Crippen LogP contribution in [0.25, 0.3) is 16.7 Å². The van der Waals surface area contributed by atoms with E-state index in [2.05, 4.69) is 86.8 Å². The normalized spacial score (nSPS) is 15.6. The molecule has 3 aromatic rings. The first-order chi connectivity index (χ1) is 12.7. The minimum absolute atomic E-state index is 0.292. The Morgan fingerprint density at radius 2 is 1.27 bits per heavy atom. The minimum Gasteiger partial charge on any atom is -0.0987 e. The maximum Gasteiger partial charge on any atom is 0.0725 e. The Balaban J connectivity index is 2.05. The van der Waals surface area contributed by atoms with Gasteiger partial charge in [0, 0.05) is 0 Å². The molecule has 0 heterocycles. The molecule has 0 aliphatic heterocycles. The molecule has 0 radical (unpaired) electrons. The lowest BCUT2D eigenvalue weighted by Gasteiger charge is -2.31. The monoisotopic (exact) mass is 332 g/mol. The zero-order valence-corrected chi connectivity index (χ0v) is 14.9. The Kier molecular flexibility index (Phi) is 3.02. The van der Waals surface area contributed by atoms with Crippen LogP contribution in [-0.4, -0.2) is 0 Å². The summed E-state index contributed by atoms with van der Waals surface area (Å²) in [5.74, 6) is 0. The smallest absolute Gasteiger partial charge is 0.0725 e. The molecule has 0 aromatic heterocycles. The molecule has 0 nitrogen and oxygen atoms in total. The number of benzene rings is 3. The van der Waals surface area contributed by atoms with Crippen molar-refractivity contribution in [1.82, 2.24) is 0 Å². The van der Waals surface area contributed by atoms with E-state index in [1.165, 1.54) is 50.1 Å². The molecule has 5 rings (SSSR count). The molecule has 0 unspecified atom stereocenters. The van der Waals surface area contributed by atoms with Crippen LogP contribution in [0.2, 0.25) is 0 Å². The third-order valence-electron chi connectivity index (χ3n) is 6.00. The molecule has 2 aliphatic carbocycles. The van der Waals surface area contributed by atoms with Gasteiger partial charge in [-0.1, -0.05) is 92.0 Å². The molecule has 0 saturated heterocycles. The first-order valence-corrected chi connectivity index (χ1v) is 9.04. The molecular weight excluding hydrogens is 312 g/mol. The van der Waals surface area contributed by atoms with Crippen molar-refractivity contribution in [2.45, 2.75) is 12.3 Å². The Hall–Kier alpha value is -3.12. The zero-order chi connectivity index (χ0) is 17.9. The third kappa shape index (κ3) is 1.55. The number of allylic oxidation sites excluding steroid dienone is 4. The summed E-state index contributed by atoms with van der Waals surface area (Å²) in [5.41, 5.74) is 11.4. The second-order valence-electron chi connectivity index (χ2n) is 7.07. The Bertz CT molecular complexity index is 1080. The van der Waals surface area contributed by atoms with E-state index < -0.39 is 0 Å². The van der Waals surface area contributed by atoms with Crippen molar-refractivity contribution in [2.24, 2.45) is 0 Å². The van der Waals surface area contributed by atoms with E-state index in [-0.39, 0.29) is 5.41 Å². The molecule has 0 N–H and O–H groups in total. The van der Waals surface area contributed by atoms with Gasteiger partial charge in [-0.15, -0.1) is 0 Å². The second kappa shape index (κ2) is 5.19. The van der Waals surface area contributed by atoms with Crippen LogP contribution >= 0.6 is 0 Å². The first kappa shape index (κ1) is 15.2. The van der Waals surface area contributed by atoms with Crippen molar-refractivity contribution in [1.29, 1.82) is 0 Å². The molecule has 0 heteroatoms. The van der Waals surface area contributed by atoms with Crippen LogP contribution in [0.3, 0.4) is 0 Å². The maximum absolute atomic E-state index is 4.21. The Morgan fingerprint density at radius 3 is 1.85 bits per heavy atom. The molecule has 0 bridgehead atoms. The van der Waals surface area contributed by atoms with Crippen molar-refractivity contribution in [3.8, 4) is 11.1 Å². The zero-order valence-electron chi connectivity index (χ0n) is 14.9. The van der Waals surface area contributed by atoms with Gasteiger partial charge in [0.15, 0.2) is 0 Å². The van der Waals surface area contributed by atoms with Gasteiger partial charge in [0.1, 0.15) is 0 Å². The Morgan fingerprint density at radius 1 is 0.692 bits per heavy atom. The summed E-state index contributed by atoms with van der Waals surface area (Å²) in [5, 5.41) is 0. The fourth-order valence-corrected chi connectivity index (χ4v) is 5.11. The molecule has 124 valence electrons. The summed E-state index contributed by atoms with van der Waals surface area (Å²) in [6, 6.07) is 24.2. The van der Waals surface area contributed by atoms with Crippen molar-refractivity contribution >= 4 is 5.57 Å².